The third kappa shape index (κ3) is 1.87. The van der Waals surface area contributed by atoms with Crippen LogP contribution in [0.1, 0.15) is 11.1 Å². The maximum absolute atomic E-state index is 8.88. The molecule has 0 aliphatic heterocycles. The first-order valence-electron chi connectivity index (χ1n) is 4.50. The van der Waals surface area contributed by atoms with Crippen molar-refractivity contribution in [3.05, 3.63) is 53.9 Å². The average molecular weight is 208 g/mol. The Hall–Kier alpha value is -2.72. The van der Waals surface area contributed by atoms with Gasteiger partial charge in [0.2, 0.25) is 0 Å². The summed E-state index contributed by atoms with van der Waals surface area (Å²) in [4.78, 5) is 5.39. The second kappa shape index (κ2) is 4.20. The van der Waals surface area contributed by atoms with E-state index in [1.54, 1.807) is 30.6 Å². The Morgan fingerprint density at radius 3 is 2.75 bits per heavy atom. The molecule has 0 bridgehead atoms. The Morgan fingerprint density at radius 1 is 1.25 bits per heavy atom. The minimum Gasteiger partial charge on any atom is -0.374 e. The van der Waals surface area contributed by atoms with Crippen LogP contribution < -0.4 is 4.84 Å². The fraction of sp³-hybridized carbons (Fsp3) is 0. The molecule has 16 heavy (non-hydrogen) atoms. The van der Waals surface area contributed by atoms with Crippen molar-refractivity contribution in [1.82, 2.24) is 4.73 Å². The standard InChI is InChI=1S/C12H6N3O/c13-8-10-3-4-11(9-14)12(7-10)16-15-5-1-2-6-15/h1,3-7H. The summed E-state index contributed by atoms with van der Waals surface area (Å²) < 4.78 is 1.41. The predicted molar refractivity (Wildman–Crippen MR) is 55.2 cm³/mol. The normalized spacial score (nSPS) is 9.12. The van der Waals surface area contributed by atoms with E-state index in [0.29, 0.717) is 16.9 Å². The van der Waals surface area contributed by atoms with E-state index in [1.807, 2.05) is 12.1 Å². The molecule has 0 aliphatic rings. The van der Waals surface area contributed by atoms with Crippen molar-refractivity contribution in [2.24, 2.45) is 0 Å². The van der Waals surface area contributed by atoms with E-state index < -0.39 is 0 Å². The second-order valence-electron chi connectivity index (χ2n) is 3.00. The number of rotatable bonds is 2. The highest BCUT2D eigenvalue weighted by molar-refractivity contribution is 5.48. The van der Waals surface area contributed by atoms with Crippen LogP contribution >= 0.6 is 0 Å². The molecule has 0 fully saturated rings. The summed E-state index contributed by atoms with van der Waals surface area (Å²) in [6, 6.07) is 13.1. The molecule has 0 N–H and O–H groups in total. The number of hydrogen-bond acceptors (Lipinski definition) is 3. The van der Waals surface area contributed by atoms with Crippen LogP contribution in [0.3, 0.4) is 0 Å². The molecular formula is C12H6N3O. The van der Waals surface area contributed by atoms with Gasteiger partial charge >= 0.3 is 0 Å². The molecule has 1 aromatic carbocycles. The van der Waals surface area contributed by atoms with Crippen molar-refractivity contribution in [2.45, 2.75) is 0 Å². The van der Waals surface area contributed by atoms with Crippen LogP contribution in [0.2, 0.25) is 0 Å². The maximum atomic E-state index is 8.88. The lowest BCUT2D eigenvalue weighted by Gasteiger charge is -2.07. The number of benzene rings is 1. The molecule has 75 valence electrons. The van der Waals surface area contributed by atoms with Crippen LogP contribution in [0.15, 0.2) is 36.7 Å². The smallest absolute Gasteiger partial charge is 0.174 e. The minimum absolute atomic E-state index is 0.353. The van der Waals surface area contributed by atoms with Crippen molar-refractivity contribution in [3.8, 4) is 17.9 Å². The Balaban J connectivity index is 2.39. The molecule has 2 aromatic rings. The summed E-state index contributed by atoms with van der Waals surface area (Å²) >= 11 is 0. The van der Waals surface area contributed by atoms with Crippen molar-refractivity contribution in [1.29, 1.82) is 10.5 Å². The summed E-state index contributed by atoms with van der Waals surface area (Å²) in [5.41, 5.74) is 0.831. The third-order valence-corrected chi connectivity index (χ3v) is 1.95. The van der Waals surface area contributed by atoms with E-state index in [2.05, 4.69) is 6.07 Å². The second-order valence-corrected chi connectivity index (χ2v) is 3.00. The first-order valence-corrected chi connectivity index (χ1v) is 4.50. The van der Waals surface area contributed by atoms with Gasteiger partial charge in [0, 0.05) is 18.3 Å². The zero-order chi connectivity index (χ0) is 11.4. The van der Waals surface area contributed by atoms with Gasteiger partial charge in [-0.05, 0) is 18.2 Å². The van der Waals surface area contributed by atoms with Crippen LogP contribution in [0.25, 0.3) is 0 Å². The summed E-state index contributed by atoms with van der Waals surface area (Å²) in [7, 11) is 0. The molecule has 1 aromatic heterocycles. The number of aromatic nitrogens is 1. The fourth-order valence-electron chi connectivity index (χ4n) is 1.21. The summed E-state index contributed by atoms with van der Waals surface area (Å²) in [6.07, 6.45) is 3.24. The first kappa shape index (κ1) is 9.82. The topological polar surface area (TPSA) is 61.7 Å². The average Bonchev–Trinajstić information content (AvgIpc) is 2.82. The third-order valence-electron chi connectivity index (χ3n) is 1.95. The molecule has 1 radical (unpaired) electrons. The molecule has 0 saturated carbocycles. The summed E-state index contributed by atoms with van der Waals surface area (Å²) in [5.74, 6) is 0.353. The highest BCUT2D eigenvalue weighted by atomic mass is 16.7. The van der Waals surface area contributed by atoms with Crippen molar-refractivity contribution in [3.63, 3.8) is 0 Å². The summed E-state index contributed by atoms with van der Waals surface area (Å²) in [6.45, 7) is 0. The van der Waals surface area contributed by atoms with E-state index >= 15 is 0 Å². The Kier molecular flexibility index (Phi) is 2.58. The lowest BCUT2D eigenvalue weighted by Crippen LogP contribution is -2.03. The quantitative estimate of drug-likeness (QED) is 0.756. The van der Waals surface area contributed by atoms with E-state index in [4.69, 9.17) is 15.4 Å². The lowest BCUT2D eigenvalue weighted by molar-refractivity contribution is 0.216. The Bertz CT molecular complexity index is 573. The molecule has 2 rings (SSSR count). The molecule has 0 amide bonds. The minimum atomic E-state index is 0.353. The highest BCUT2D eigenvalue weighted by Crippen LogP contribution is 2.19. The van der Waals surface area contributed by atoms with Crippen molar-refractivity contribution >= 4 is 0 Å². The molecule has 1 heterocycles. The van der Waals surface area contributed by atoms with E-state index in [9.17, 15) is 0 Å². The molecule has 0 atom stereocenters. The fourth-order valence-corrected chi connectivity index (χ4v) is 1.21. The Morgan fingerprint density at radius 2 is 2.12 bits per heavy atom. The van der Waals surface area contributed by atoms with Crippen LogP contribution in [-0.2, 0) is 0 Å². The molecular weight excluding hydrogens is 202 g/mol. The monoisotopic (exact) mass is 208 g/mol. The molecule has 4 heteroatoms. The maximum Gasteiger partial charge on any atom is 0.174 e. The van der Waals surface area contributed by atoms with Gasteiger partial charge in [-0.2, -0.15) is 15.3 Å². The van der Waals surface area contributed by atoms with E-state index in [1.165, 1.54) is 10.8 Å². The van der Waals surface area contributed by atoms with Gasteiger partial charge < -0.3 is 4.84 Å². The zero-order valence-electron chi connectivity index (χ0n) is 8.21. The van der Waals surface area contributed by atoms with Crippen LogP contribution in [0.5, 0.6) is 5.75 Å². The molecule has 4 nitrogen and oxygen atoms in total. The first-order chi connectivity index (χ1) is 7.83. The van der Waals surface area contributed by atoms with Crippen molar-refractivity contribution in [2.75, 3.05) is 0 Å². The van der Waals surface area contributed by atoms with Gasteiger partial charge in [-0.1, -0.05) is 0 Å². The van der Waals surface area contributed by atoms with Crippen LogP contribution in [0, 0.1) is 28.7 Å². The van der Waals surface area contributed by atoms with Gasteiger partial charge in [-0.25, -0.2) is 0 Å². The molecule has 0 saturated heterocycles. The Labute approximate surface area is 92.5 Å². The molecule has 0 unspecified atom stereocenters. The predicted octanol–water partition coefficient (Wildman–Crippen LogP) is 1.87. The number of nitriles is 2. The lowest BCUT2D eigenvalue weighted by atomic mass is 10.1. The van der Waals surface area contributed by atoms with Gasteiger partial charge in [0.15, 0.2) is 5.75 Å². The largest absolute Gasteiger partial charge is 0.374 e. The van der Waals surface area contributed by atoms with Gasteiger partial charge in [0.1, 0.15) is 6.07 Å². The van der Waals surface area contributed by atoms with Gasteiger partial charge in [-0.15, -0.1) is 0 Å². The van der Waals surface area contributed by atoms with Gasteiger partial charge in [-0.3, -0.25) is 0 Å². The molecule has 0 spiro atoms. The van der Waals surface area contributed by atoms with E-state index in [0.717, 1.165) is 0 Å². The highest BCUT2D eigenvalue weighted by Gasteiger charge is 2.05. The zero-order valence-corrected chi connectivity index (χ0v) is 8.21. The number of nitrogens with zero attached hydrogens (tertiary/aromatic N) is 3. The van der Waals surface area contributed by atoms with Gasteiger partial charge in [0.25, 0.3) is 0 Å². The number of hydrogen-bond donors (Lipinski definition) is 0. The van der Waals surface area contributed by atoms with Crippen LogP contribution in [-0.4, -0.2) is 4.73 Å². The van der Waals surface area contributed by atoms with Crippen LogP contribution in [0.4, 0.5) is 0 Å². The van der Waals surface area contributed by atoms with E-state index in [-0.39, 0.29) is 0 Å². The SMILES string of the molecule is N#Cc1ccc(C#N)c(On2c[c]cc2)c1. The van der Waals surface area contributed by atoms with Crippen molar-refractivity contribution < 1.29 is 4.84 Å². The summed E-state index contributed by atoms with van der Waals surface area (Å²) in [5, 5.41) is 17.6. The van der Waals surface area contributed by atoms with Gasteiger partial charge in [0.05, 0.1) is 23.4 Å². The molecule has 0 aliphatic carbocycles.